The number of carbonyl (C=O) groups is 2. The molecule has 26 heavy (non-hydrogen) atoms. The van der Waals surface area contributed by atoms with Crippen LogP contribution in [-0.4, -0.2) is 45.7 Å². The normalized spacial score (nSPS) is 17.1. The highest BCUT2D eigenvalue weighted by atomic mass is 16.5. The van der Waals surface area contributed by atoms with Crippen LogP contribution in [0.4, 0.5) is 0 Å². The van der Waals surface area contributed by atoms with E-state index in [1.54, 1.807) is 10.9 Å². The van der Waals surface area contributed by atoms with Gasteiger partial charge >= 0.3 is 0 Å². The van der Waals surface area contributed by atoms with Crippen molar-refractivity contribution in [2.45, 2.75) is 38.6 Å². The molecule has 2 aromatic rings. The van der Waals surface area contributed by atoms with E-state index in [0.717, 1.165) is 24.9 Å². The van der Waals surface area contributed by atoms with Crippen LogP contribution in [0, 0.1) is 0 Å². The summed E-state index contributed by atoms with van der Waals surface area (Å²) in [6, 6.07) is 8.93. The number of ether oxygens (including phenoxy) is 1. The fourth-order valence-corrected chi connectivity index (χ4v) is 3.14. The van der Waals surface area contributed by atoms with Crippen LogP contribution in [0.3, 0.4) is 0 Å². The van der Waals surface area contributed by atoms with Crippen LogP contribution in [0.25, 0.3) is 5.69 Å². The molecule has 0 spiro atoms. The molecule has 2 heterocycles. The van der Waals surface area contributed by atoms with Crippen LogP contribution in [0.5, 0.6) is 5.75 Å². The van der Waals surface area contributed by atoms with E-state index in [1.165, 1.54) is 4.90 Å². The Hall–Kier alpha value is -2.83. The fraction of sp³-hybridized carbons (Fsp3) is 0.421. The summed E-state index contributed by atoms with van der Waals surface area (Å²) in [5, 5.41) is 4.45. The van der Waals surface area contributed by atoms with Crippen LogP contribution >= 0.6 is 0 Å². The molecular weight excluding hydrogens is 332 g/mol. The van der Waals surface area contributed by atoms with Gasteiger partial charge in [0.05, 0.1) is 18.5 Å². The average Bonchev–Trinajstić information content (AvgIpc) is 3.10. The first-order valence-electron chi connectivity index (χ1n) is 9.00. The summed E-state index contributed by atoms with van der Waals surface area (Å²) >= 11 is 0. The lowest BCUT2D eigenvalue weighted by Gasteiger charge is -2.33. The number of hydrogen-bond donors (Lipinski definition) is 1. The van der Waals surface area contributed by atoms with Gasteiger partial charge in [0, 0.05) is 6.54 Å². The molecule has 1 aromatic heterocycles. The van der Waals surface area contributed by atoms with Gasteiger partial charge in [-0.1, -0.05) is 25.1 Å². The molecule has 1 aliphatic heterocycles. The maximum atomic E-state index is 13.1. The molecule has 7 heteroatoms. The second-order valence-corrected chi connectivity index (χ2v) is 6.38. The number of nitrogens with two attached hydrogens (primary N) is 1. The van der Waals surface area contributed by atoms with Gasteiger partial charge in [0.25, 0.3) is 5.91 Å². The summed E-state index contributed by atoms with van der Waals surface area (Å²) < 4.78 is 7.38. The summed E-state index contributed by atoms with van der Waals surface area (Å²) in [5.74, 6) is -0.361. The molecule has 1 atom stereocenters. The first-order chi connectivity index (χ1) is 12.6. The molecule has 0 saturated carbocycles. The van der Waals surface area contributed by atoms with Gasteiger partial charge in [-0.15, -0.1) is 0 Å². The number of carbonyl (C=O) groups excluding carboxylic acids is 2. The summed E-state index contributed by atoms with van der Waals surface area (Å²) in [6.45, 7) is 2.98. The predicted octanol–water partition coefficient (Wildman–Crippen LogP) is 2.14. The van der Waals surface area contributed by atoms with Gasteiger partial charge in [0.1, 0.15) is 6.04 Å². The summed E-state index contributed by atoms with van der Waals surface area (Å²) in [7, 11) is 0. The second kappa shape index (κ2) is 8.03. The third-order valence-corrected chi connectivity index (χ3v) is 4.46. The third kappa shape index (κ3) is 3.71. The third-order valence-electron chi connectivity index (χ3n) is 4.46. The molecule has 138 valence electrons. The predicted molar refractivity (Wildman–Crippen MR) is 97.2 cm³/mol. The smallest absolute Gasteiger partial charge is 0.278 e. The minimum absolute atomic E-state index is 0.218. The van der Waals surface area contributed by atoms with E-state index in [0.29, 0.717) is 25.3 Å². The van der Waals surface area contributed by atoms with Gasteiger partial charge in [0.2, 0.25) is 5.91 Å². The van der Waals surface area contributed by atoms with E-state index in [-0.39, 0.29) is 11.6 Å². The Bertz CT molecular complexity index is 772. The molecule has 0 bridgehead atoms. The quantitative estimate of drug-likeness (QED) is 0.858. The van der Waals surface area contributed by atoms with Gasteiger partial charge in [-0.2, -0.15) is 5.10 Å². The van der Waals surface area contributed by atoms with Gasteiger partial charge < -0.3 is 15.4 Å². The van der Waals surface area contributed by atoms with Crippen LogP contribution in [0.1, 0.15) is 43.1 Å². The summed E-state index contributed by atoms with van der Waals surface area (Å²) in [6.07, 6.45) is 4.85. The van der Waals surface area contributed by atoms with E-state index in [1.807, 2.05) is 37.3 Å². The first kappa shape index (κ1) is 18.0. The van der Waals surface area contributed by atoms with E-state index in [2.05, 4.69) is 5.10 Å². The molecular formula is C19H24N4O3. The first-order valence-corrected chi connectivity index (χ1v) is 9.00. The van der Waals surface area contributed by atoms with E-state index < -0.39 is 11.9 Å². The number of aromatic nitrogens is 2. The number of nitrogens with zero attached hydrogens (tertiary/aromatic N) is 3. The Morgan fingerprint density at radius 1 is 1.27 bits per heavy atom. The number of para-hydroxylation sites is 1. The molecule has 1 aromatic carbocycles. The minimum atomic E-state index is -0.586. The Balaban J connectivity index is 1.95. The highest BCUT2D eigenvalue weighted by Crippen LogP contribution is 2.25. The number of amides is 2. The van der Waals surface area contributed by atoms with Crippen molar-refractivity contribution >= 4 is 11.8 Å². The topological polar surface area (TPSA) is 90.5 Å². The molecule has 7 nitrogen and oxygen atoms in total. The Morgan fingerprint density at radius 3 is 2.73 bits per heavy atom. The fourth-order valence-electron chi connectivity index (χ4n) is 3.14. The van der Waals surface area contributed by atoms with Crippen molar-refractivity contribution in [1.82, 2.24) is 14.7 Å². The average molecular weight is 356 g/mol. The molecule has 1 aliphatic rings. The zero-order chi connectivity index (χ0) is 18.5. The number of rotatable bonds is 6. The lowest BCUT2D eigenvalue weighted by molar-refractivity contribution is -0.123. The number of piperidine rings is 1. The Labute approximate surface area is 152 Å². The molecule has 0 radical (unpaired) electrons. The number of likely N-dealkylation sites (tertiary alicyclic amines) is 1. The summed E-state index contributed by atoms with van der Waals surface area (Å²) in [4.78, 5) is 26.4. The van der Waals surface area contributed by atoms with Gasteiger partial charge in [-0.05, 0) is 37.8 Å². The van der Waals surface area contributed by atoms with E-state index in [9.17, 15) is 9.59 Å². The monoisotopic (exact) mass is 356 g/mol. The molecule has 1 fully saturated rings. The van der Waals surface area contributed by atoms with Crippen molar-refractivity contribution in [3.63, 3.8) is 0 Å². The van der Waals surface area contributed by atoms with Crippen molar-refractivity contribution < 1.29 is 14.3 Å². The summed E-state index contributed by atoms with van der Waals surface area (Å²) in [5.41, 5.74) is 6.55. The van der Waals surface area contributed by atoms with Crippen molar-refractivity contribution in [3.05, 3.63) is 42.2 Å². The maximum Gasteiger partial charge on any atom is 0.278 e. The van der Waals surface area contributed by atoms with E-state index >= 15 is 0 Å². The van der Waals surface area contributed by atoms with Crippen molar-refractivity contribution in [2.75, 3.05) is 13.2 Å². The number of hydrogen-bond acceptors (Lipinski definition) is 4. The lowest BCUT2D eigenvalue weighted by atomic mass is 10.0. The van der Waals surface area contributed by atoms with Crippen molar-refractivity contribution in [3.8, 4) is 11.4 Å². The molecule has 1 saturated heterocycles. The molecule has 2 N–H and O–H groups in total. The van der Waals surface area contributed by atoms with E-state index in [4.69, 9.17) is 10.5 Å². The minimum Gasteiger partial charge on any atom is -0.489 e. The van der Waals surface area contributed by atoms with Gasteiger partial charge in [0.15, 0.2) is 11.4 Å². The van der Waals surface area contributed by atoms with Crippen LogP contribution in [-0.2, 0) is 4.79 Å². The molecule has 2 amide bonds. The van der Waals surface area contributed by atoms with Crippen molar-refractivity contribution in [2.24, 2.45) is 5.73 Å². The standard InChI is InChI=1S/C19H24N4O3/c1-2-12-26-16-13-23(14-8-4-3-5-9-14)21-17(16)19(25)22-11-7-6-10-15(22)18(20)24/h3-5,8-9,13,15H,2,6-7,10-12H2,1H3,(H2,20,24)/t15-/m1/s1. The second-order valence-electron chi connectivity index (χ2n) is 6.38. The van der Waals surface area contributed by atoms with Crippen LogP contribution in [0.2, 0.25) is 0 Å². The Morgan fingerprint density at radius 2 is 2.04 bits per heavy atom. The maximum absolute atomic E-state index is 13.1. The number of primary amides is 1. The number of benzene rings is 1. The zero-order valence-corrected chi connectivity index (χ0v) is 14.9. The highest BCUT2D eigenvalue weighted by Gasteiger charge is 2.34. The molecule has 0 aliphatic carbocycles. The highest BCUT2D eigenvalue weighted by molar-refractivity contribution is 5.98. The lowest BCUT2D eigenvalue weighted by Crippen LogP contribution is -2.50. The van der Waals surface area contributed by atoms with Gasteiger partial charge in [-0.3, -0.25) is 9.59 Å². The zero-order valence-electron chi connectivity index (χ0n) is 14.9. The van der Waals surface area contributed by atoms with Gasteiger partial charge in [-0.25, -0.2) is 4.68 Å². The van der Waals surface area contributed by atoms with Crippen LogP contribution < -0.4 is 10.5 Å². The SMILES string of the molecule is CCCOc1cn(-c2ccccc2)nc1C(=O)N1CCCC[C@@H]1C(N)=O. The van der Waals surface area contributed by atoms with Crippen LogP contribution in [0.15, 0.2) is 36.5 Å². The molecule has 0 unspecified atom stereocenters. The van der Waals surface area contributed by atoms with Crippen molar-refractivity contribution in [1.29, 1.82) is 0 Å². The Kier molecular flexibility index (Phi) is 5.55. The largest absolute Gasteiger partial charge is 0.489 e. The molecule has 3 rings (SSSR count).